The van der Waals surface area contributed by atoms with Crippen molar-refractivity contribution in [1.82, 2.24) is 4.90 Å². The van der Waals surface area contributed by atoms with Crippen LogP contribution in [0.2, 0.25) is 0 Å². The van der Waals surface area contributed by atoms with Gasteiger partial charge in [-0.05, 0) is 57.5 Å². The lowest BCUT2D eigenvalue weighted by Gasteiger charge is -2.45. The molecule has 1 aromatic carbocycles. The normalized spacial score (nSPS) is 19.5. The molecule has 1 aromatic rings. The predicted octanol–water partition coefficient (Wildman–Crippen LogP) is 3.97. The number of benzene rings is 1. The second kappa shape index (κ2) is 5.97. The molecule has 1 aliphatic heterocycles. The lowest BCUT2D eigenvalue weighted by molar-refractivity contribution is -0.137. The largest absolute Gasteiger partial charge is 0.416 e. The minimum Gasteiger partial charge on any atom is -0.322 e. The first-order chi connectivity index (χ1) is 9.73. The van der Waals surface area contributed by atoms with Gasteiger partial charge in [0.1, 0.15) is 0 Å². The average molecular weight is 300 g/mol. The average Bonchev–Trinajstić information content (AvgIpc) is 2.46. The minimum absolute atomic E-state index is 0.357. The van der Waals surface area contributed by atoms with E-state index in [2.05, 4.69) is 4.90 Å². The van der Waals surface area contributed by atoms with Gasteiger partial charge < -0.3 is 5.73 Å². The number of nitrogens with two attached hydrogens (primary N) is 1. The van der Waals surface area contributed by atoms with Crippen LogP contribution in [-0.2, 0) is 6.18 Å². The Hall–Kier alpha value is -1.07. The Balaban J connectivity index is 2.24. The molecule has 5 heteroatoms. The van der Waals surface area contributed by atoms with Gasteiger partial charge in [0.2, 0.25) is 0 Å². The molecule has 2 nitrogen and oxygen atoms in total. The molecule has 0 radical (unpaired) electrons. The van der Waals surface area contributed by atoms with Gasteiger partial charge in [-0.2, -0.15) is 13.2 Å². The molecular formula is C16H23F3N2. The Morgan fingerprint density at radius 3 is 2.29 bits per heavy atom. The van der Waals surface area contributed by atoms with Gasteiger partial charge >= 0.3 is 6.18 Å². The summed E-state index contributed by atoms with van der Waals surface area (Å²) >= 11 is 0. The molecule has 2 rings (SSSR count). The Morgan fingerprint density at radius 1 is 1.10 bits per heavy atom. The molecule has 1 saturated heterocycles. The van der Waals surface area contributed by atoms with E-state index < -0.39 is 17.8 Å². The van der Waals surface area contributed by atoms with Crippen molar-refractivity contribution in [3.8, 4) is 0 Å². The first-order valence-electron chi connectivity index (χ1n) is 7.41. The molecule has 118 valence electrons. The number of hydrogen-bond acceptors (Lipinski definition) is 2. The first kappa shape index (κ1) is 16.3. The van der Waals surface area contributed by atoms with Crippen LogP contribution in [-0.4, -0.2) is 23.5 Å². The summed E-state index contributed by atoms with van der Waals surface area (Å²) in [5, 5.41) is 0. The van der Waals surface area contributed by atoms with Gasteiger partial charge in [0, 0.05) is 11.6 Å². The number of rotatable bonds is 3. The fraction of sp³-hybridized carbons (Fsp3) is 0.625. The zero-order chi connectivity index (χ0) is 15.7. The molecule has 21 heavy (non-hydrogen) atoms. The molecule has 2 N–H and O–H groups in total. The van der Waals surface area contributed by atoms with Crippen molar-refractivity contribution in [2.75, 3.05) is 13.1 Å². The van der Waals surface area contributed by atoms with Crippen molar-refractivity contribution in [2.24, 2.45) is 5.73 Å². The molecule has 1 fully saturated rings. The zero-order valence-electron chi connectivity index (χ0n) is 12.6. The molecule has 0 aromatic heterocycles. The van der Waals surface area contributed by atoms with E-state index >= 15 is 0 Å². The first-order valence-corrected chi connectivity index (χ1v) is 7.41. The maximum absolute atomic E-state index is 12.8. The number of hydrogen-bond donors (Lipinski definition) is 1. The summed E-state index contributed by atoms with van der Waals surface area (Å²) in [6, 6.07) is 4.94. The molecule has 0 amide bonds. The van der Waals surface area contributed by atoms with Crippen molar-refractivity contribution in [3.05, 3.63) is 35.4 Å². The predicted molar refractivity (Wildman–Crippen MR) is 77.9 cm³/mol. The third-order valence-corrected chi connectivity index (χ3v) is 4.51. The van der Waals surface area contributed by atoms with Crippen molar-refractivity contribution >= 4 is 0 Å². The minimum atomic E-state index is -4.33. The van der Waals surface area contributed by atoms with Crippen LogP contribution in [0.4, 0.5) is 13.2 Å². The van der Waals surface area contributed by atoms with Gasteiger partial charge in [-0.25, -0.2) is 0 Å². The van der Waals surface area contributed by atoms with Crippen molar-refractivity contribution < 1.29 is 13.2 Å². The van der Waals surface area contributed by atoms with Crippen molar-refractivity contribution in [1.29, 1.82) is 0 Å². The molecule has 0 aliphatic carbocycles. The maximum atomic E-state index is 12.8. The van der Waals surface area contributed by atoms with E-state index in [4.69, 9.17) is 5.73 Å². The molecule has 1 aliphatic rings. The fourth-order valence-corrected chi connectivity index (χ4v) is 2.98. The van der Waals surface area contributed by atoms with Crippen LogP contribution in [0, 0.1) is 0 Å². The summed E-state index contributed by atoms with van der Waals surface area (Å²) in [6.45, 7) is 5.95. The van der Waals surface area contributed by atoms with Crippen LogP contribution in [0.15, 0.2) is 24.3 Å². The second-order valence-electron chi connectivity index (χ2n) is 6.30. The topological polar surface area (TPSA) is 29.3 Å². The second-order valence-corrected chi connectivity index (χ2v) is 6.30. The summed E-state index contributed by atoms with van der Waals surface area (Å²) in [4.78, 5) is 2.29. The zero-order valence-corrected chi connectivity index (χ0v) is 12.6. The van der Waals surface area contributed by atoms with Crippen LogP contribution >= 0.6 is 0 Å². The highest BCUT2D eigenvalue weighted by Gasteiger charge is 2.36. The van der Waals surface area contributed by atoms with Crippen LogP contribution in [0.5, 0.6) is 0 Å². The summed E-state index contributed by atoms with van der Waals surface area (Å²) in [5.41, 5.74) is 5.86. The smallest absolute Gasteiger partial charge is 0.322 e. The molecular weight excluding hydrogens is 277 g/mol. The van der Waals surface area contributed by atoms with E-state index in [0.29, 0.717) is 5.56 Å². The highest BCUT2D eigenvalue weighted by Crippen LogP contribution is 2.35. The fourth-order valence-electron chi connectivity index (χ4n) is 2.98. The quantitative estimate of drug-likeness (QED) is 0.915. The van der Waals surface area contributed by atoms with Gasteiger partial charge in [0.05, 0.1) is 5.56 Å². The number of halogens is 3. The lowest BCUT2D eigenvalue weighted by Crippen LogP contribution is -2.53. The van der Waals surface area contributed by atoms with Crippen molar-refractivity contribution in [3.63, 3.8) is 0 Å². The SMILES string of the molecule is CC(C)(C(N)c1cccc(C(F)(F)F)c1)N1CCCCC1. The molecule has 1 atom stereocenters. The number of likely N-dealkylation sites (tertiary alicyclic amines) is 1. The van der Waals surface area contributed by atoms with Gasteiger partial charge in [-0.15, -0.1) is 0 Å². The van der Waals surface area contributed by atoms with Crippen LogP contribution < -0.4 is 5.73 Å². The van der Waals surface area contributed by atoms with Gasteiger partial charge in [-0.1, -0.05) is 18.6 Å². The van der Waals surface area contributed by atoms with Crippen LogP contribution in [0.3, 0.4) is 0 Å². The summed E-state index contributed by atoms with van der Waals surface area (Å²) in [6.07, 6.45) is -0.867. The van der Waals surface area contributed by atoms with E-state index in [1.165, 1.54) is 18.6 Å². The van der Waals surface area contributed by atoms with E-state index in [-0.39, 0.29) is 5.54 Å². The summed E-state index contributed by atoms with van der Waals surface area (Å²) in [7, 11) is 0. The summed E-state index contributed by atoms with van der Waals surface area (Å²) < 4.78 is 38.5. The molecule has 1 heterocycles. The summed E-state index contributed by atoms with van der Waals surface area (Å²) in [5.74, 6) is 0. The third kappa shape index (κ3) is 3.58. The highest BCUT2D eigenvalue weighted by atomic mass is 19.4. The Bertz CT molecular complexity index is 477. The molecule has 0 bridgehead atoms. The molecule has 0 spiro atoms. The van der Waals surface area contributed by atoms with Gasteiger partial charge in [0.25, 0.3) is 0 Å². The standard InChI is InChI=1S/C16H23F3N2/c1-15(2,21-9-4-3-5-10-21)14(20)12-7-6-8-13(11-12)16(17,18)19/h6-8,11,14H,3-5,9-10,20H2,1-2H3. The number of alkyl halides is 3. The van der Waals surface area contributed by atoms with E-state index in [1.807, 2.05) is 13.8 Å². The van der Waals surface area contributed by atoms with Gasteiger partial charge in [0.15, 0.2) is 0 Å². The van der Waals surface area contributed by atoms with E-state index in [9.17, 15) is 13.2 Å². The Kier molecular flexibility index (Phi) is 4.63. The lowest BCUT2D eigenvalue weighted by atomic mass is 9.85. The van der Waals surface area contributed by atoms with E-state index in [0.717, 1.165) is 32.0 Å². The maximum Gasteiger partial charge on any atom is 0.416 e. The Labute approximate surface area is 124 Å². The van der Waals surface area contributed by atoms with E-state index in [1.54, 1.807) is 6.07 Å². The number of nitrogens with zero attached hydrogens (tertiary/aromatic N) is 1. The van der Waals surface area contributed by atoms with Crippen LogP contribution in [0.1, 0.15) is 50.3 Å². The highest BCUT2D eigenvalue weighted by molar-refractivity contribution is 5.29. The molecule has 0 saturated carbocycles. The monoisotopic (exact) mass is 300 g/mol. The van der Waals surface area contributed by atoms with Gasteiger partial charge in [-0.3, -0.25) is 4.90 Å². The third-order valence-electron chi connectivity index (χ3n) is 4.51. The number of piperidine rings is 1. The van der Waals surface area contributed by atoms with Crippen LogP contribution in [0.25, 0.3) is 0 Å². The Morgan fingerprint density at radius 2 is 1.71 bits per heavy atom. The molecule has 1 unspecified atom stereocenters. The van der Waals surface area contributed by atoms with Crippen molar-refractivity contribution in [2.45, 2.75) is 50.9 Å².